The Labute approximate surface area is 131 Å². The molecule has 0 radical (unpaired) electrons. The molecule has 1 heterocycles. The number of hydrogen-bond acceptors (Lipinski definition) is 4. The second-order valence-corrected chi connectivity index (χ2v) is 7.70. The standard InChI is InChI=1S/C14H22ClN3O2S/c1-3-4-17-5-7-18(8-6-17)21(19,20)14-10-13(16)12(15)9-11(14)2/h9-10H,3-8,16H2,1-2H3. The largest absolute Gasteiger partial charge is 0.397 e. The van der Waals surface area contributed by atoms with Crippen LogP contribution in [0.4, 0.5) is 5.69 Å². The van der Waals surface area contributed by atoms with Crippen LogP contribution in [0.2, 0.25) is 5.02 Å². The fourth-order valence-corrected chi connectivity index (χ4v) is 4.48. The van der Waals surface area contributed by atoms with Crippen molar-refractivity contribution in [3.63, 3.8) is 0 Å². The van der Waals surface area contributed by atoms with Gasteiger partial charge in [-0.3, -0.25) is 0 Å². The van der Waals surface area contributed by atoms with Crippen molar-refractivity contribution in [3.8, 4) is 0 Å². The molecule has 2 rings (SSSR count). The van der Waals surface area contributed by atoms with E-state index in [9.17, 15) is 8.42 Å². The molecule has 5 nitrogen and oxygen atoms in total. The minimum atomic E-state index is -3.50. The van der Waals surface area contributed by atoms with Crippen LogP contribution >= 0.6 is 11.6 Å². The van der Waals surface area contributed by atoms with Crippen LogP contribution in [0.1, 0.15) is 18.9 Å². The number of nitrogen functional groups attached to an aromatic ring is 1. The van der Waals surface area contributed by atoms with E-state index in [0.29, 0.717) is 29.4 Å². The molecule has 0 bridgehead atoms. The van der Waals surface area contributed by atoms with Crippen molar-refractivity contribution >= 4 is 27.3 Å². The smallest absolute Gasteiger partial charge is 0.243 e. The van der Waals surface area contributed by atoms with Crippen LogP contribution in [-0.2, 0) is 10.0 Å². The molecule has 0 unspecified atom stereocenters. The van der Waals surface area contributed by atoms with Crippen LogP contribution in [0, 0.1) is 6.92 Å². The van der Waals surface area contributed by atoms with Crippen LogP contribution < -0.4 is 5.73 Å². The summed E-state index contributed by atoms with van der Waals surface area (Å²) < 4.78 is 27.0. The van der Waals surface area contributed by atoms with Gasteiger partial charge in [-0.1, -0.05) is 18.5 Å². The molecule has 0 aromatic heterocycles. The van der Waals surface area contributed by atoms with Gasteiger partial charge in [0.05, 0.1) is 15.6 Å². The highest BCUT2D eigenvalue weighted by Crippen LogP contribution is 2.28. The van der Waals surface area contributed by atoms with Crippen molar-refractivity contribution in [3.05, 3.63) is 22.7 Å². The first kappa shape index (κ1) is 16.5. The summed E-state index contributed by atoms with van der Waals surface area (Å²) in [5.41, 5.74) is 6.68. The van der Waals surface area contributed by atoms with Gasteiger partial charge in [0.15, 0.2) is 0 Å². The first-order valence-electron chi connectivity index (χ1n) is 7.14. The van der Waals surface area contributed by atoms with Crippen molar-refractivity contribution in [2.24, 2.45) is 0 Å². The minimum Gasteiger partial charge on any atom is -0.397 e. The third-order valence-electron chi connectivity index (χ3n) is 3.78. The van der Waals surface area contributed by atoms with E-state index in [1.54, 1.807) is 13.0 Å². The Kier molecular flexibility index (Phi) is 5.14. The van der Waals surface area contributed by atoms with E-state index in [0.717, 1.165) is 26.1 Å². The molecule has 21 heavy (non-hydrogen) atoms. The van der Waals surface area contributed by atoms with Crippen molar-refractivity contribution in [1.29, 1.82) is 0 Å². The van der Waals surface area contributed by atoms with Crippen LogP contribution in [0.25, 0.3) is 0 Å². The lowest BCUT2D eigenvalue weighted by atomic mass is 10.2. The molecule has 118 valence electrons. The zero-order chi connectivity index (χ0) is 15.6. The number of aryl methyl sites for hydroxylation is 1. The van der Waals surface area contributed by atoms with Gasteiger partial charge >= 0.3 is 0 Å². The van der Waals surface area contributed by atoms with Crippen molar-refractivity contribution in [2.75, 3.05) is 38.5 Å². The number of anilines is 1. The minimum absolute atomic E-state index is 0.258. The summed E-state index contributed by atoms with van der Waals surface area (Å²) >= 11 is 5.94. The van der Waals surface area contributed by atoms with Gasteiger partial charge in [-0.2, -0.15) is 4.31 Å². The number of piperazine rings is 1. The number of nitrogens with zero attached hydrogens (tertiary/aromatic N) is 2. The van der Waals surface area contributed by atoms with Gasteiger partial charge in [-0.25, -0.2) is 8.42 Å². The Balaban J connectivity index is 2.22. The molecule has 2 N–H and O–H groups in total. The lowest BCUT2D eigenvalue weighted by Gasteiger charge is -2.34. The third kappa shape index (κ3) is 3.51. The van der Waals surface area contributed by atoms with E-state index in [1.165, 1.54) is 10.4 Å². The van der Waals surface area contributed by atoms with Crippen molar-refractivity contribution in [1.82, 2.24) is 9.21 Å². The summed E-state index contributed by atoms with van der Waals surface area (Å²) in [5.74, 6) is 0. The van der Waals surface area contributed by atoms with E-state index >= 15 is 0 Å². The Morgan fingerprint density at radius 3 is 2.43 bits per heavy atom. The number of benzene rings is 1. The van der Waals surface area contributed by atoms with E-state index in [2.05, 4.69) is 11.8 Å². The molecule has 1 fully saturated rings. The molecule has 0 saturated carbocycles. The first-order valence-corrected chi connectivity index (χ1v) is 8.96. The second-order valence-electron chi connectivity index (χ2n) is 5.38. The molecule has 0 amide bonds. The van der Waals surface area contributed by atoms with Gasteiger partial charge in [0.2, 0.25) is 10.0 Å². The summed E-state index contributed by atoms with van der Waals surface area (Å²) in [7, 11) is -3.50. The van der Waals surface area contributed by atoms with Gasteiger partial charge in [-0.15, -0.1) is 0 Å². The highest BCUT2D eigenvalue weighted by atomic mass is 35.5. The van der Waals surface area contributed by atoms with Crippen molar-refractivity contribution < 1.29 is 8.42 Å². The fraction of sp³-hybridized carbons (Fsp3) is 0.571. The highest BCUT2D eigenvalue weighted by Gasteiger charge is 2.29. The lowest BCUT2D eigenvalue weighted by Crippen LogP contribution is -2.48. The summed E-state index contributed by atoms with van der Waals surface area (Å²) in [4.78, 5) is 2.54. The predicted octanol–water partition coefficient (Wildman–Crippen LogP) is 1.95. The molecule has 1 aromatic rings. The highest BCUT2D eigenvalue weighted by molar-refractivity contribution is 7.89. The Hall–Kier alpha value is -0.820. The molecular weight excluding hydrogens is 310 g/mol. The van der Waals surface area contributed by atoms with E-state index in [1.807, 2.05) is 0 Å². The Morgan fingerprint density at radius 2 is 1.86 bits per heavy atom. The number of halogens is 1. The summed E-state index contributed by atoms with van der Waals surface area (Å²) in [6.45, 7) is 7.47. The van der Waals surface area contributed by atoms with Gasteiger partial charge in [0.25, 0.3) is 0 Å². The maximum Gasteiger partial charge on any atom is 0.243 e. The van der Waals surface area contributed by atoms with Gasteiger partial charge in [-0.05, 0) is 37.6 Å². The monoisotopic (exact) mass is 331 g/mol. The fourth-order valence-electron chi connectivity index (χ4n) is 2.60. The van der Waals surface area contributed by atoms with E-state index in [4.69, 9.17) is 17.3 Å². The van der Waals surface area contributed by atoms with Gasteiger partial charge < -0.3 is 10.6 Å². The van der Waals surface area contributed by atoms with Gasteiger partial charge in [0.1, 0.15) is 0 Å². The van der Waals surface area contributed by atoms with E-state index < -0.39 is 10.0 Å². The van der Waals surface area contributed by atoms with Crippen molar-refractivity contribution in [2.45, 2.75) is 25.2 Å². The average molecular weight is 332 g/mol. The molecule has 1 aliphatic heterocycles. The van der Waals surface area contributed by atoms with Crippen LogP contribution in [0.15, 0.2) is 17.0 Å². The summed E-state index contributed by atoms with van der Waals surface area (Å²) in [6, 6.07) is 3.07. The predicted molar refractivity (Wildman–Crippen MR) is 86.1 cm³/mol. The lowest BCUT2D eigenvalue weighted by molar-refractivity contribution is 0.188. The normalized spacial score (nSPS) is 18.0. The zero-order valence-corrected chi connectivity index (χ0v) is 14.0. The number of nitrogens with two attached hydrogens (primary N) is 1. The summed E-state index contributed by atoms with van der Waals surface area (Å²) in [5, 5.41) is 0.388. The zero-order valence-electron chi connectivity index (χ0n) is 12.5. The SMILES string of the molecule is CCCN1CCN(S(=O)(=O)c2cc(N)c(Cl)cc2C)CC1. The van der Waals surface area contributed by atoms with Crippen LogP contribution in [0.3, 0.4) is 0 Å². The molecule has 0 aliphatic carbocycles. The number of sulfonamides is 1. The molecule has 1 saturated heterocycles. The maximum absolute atomic E-state index is 12.7. The molecule has 0 spiro atoms. The molecule has 1 aliphatic rings. The third-order valence-corrected chi connectivity index (χ3v) is 6.15. The number of hydrogen-bond donors (Lipinski definition) is 1. The molecule has 0 atom stereocenters. The molecular formula is C14H22ClN3O2S. The van der Waals surface area contributed by atoms with E-state index in [-0.39, 0.29) is 4.90 Å². The maximum atomic E-state index is 12.7. The summed E-state index contributed by atoms with van der Waals surface area (Å²) in [6.07, 6.45) is 1.08. The van der Waals surface area contributed by atoms with Crippen LogP contribution in [-0.4, -0.2) is 50.3 Å². The Morgan fingerprint density at radius 1 is 1.24 bits per heavy atom. The first-order chi connectivity index (χ1) is 9.86. The van der Waals surface area contributed by atoms with Gasteiger partial charge in [0, 0.05) is 26.2 Å². The number of rotatable bonds is 4. The van der Waals surface area contributed by atoms with Crippen LogP contribution in [0.5, 0.6) is 0 Å². The second kappa shape index (κ2) is 6.52. The molecule has 1 aromatic carbocycles. The average Bonchev–Trinajstić information content (AvgIpc) is 2.43. The topological polar surface area (TPSA) is 66.6 Å². The molecule has 7 heteroatoms. The Bertz CT molecular complexity index is 611. The quantitative estimate of drug-likeness (QED) is 0.856.